The standard InChI is InChI=1S/C24H16BrN3OS/c25-17-11-12-21-22(14-17)30-24(27-21)28(15-18-8-3-4-13-26-18)23(29)20-10-5-7-16-6-1-2-9-19(16)20/h1-14H,15H2. The Bertz CT molecular complexity index is 1360. The molecule has 0 aliphatic heterocycles. The Morgan fingerprint density at radius 2 is 1.80 bits per heavy atom. The Balaban J connectivity index is 1.63. The number of carbonyl (C=O) groups is 1. The fourth-order valence-electron chi connectivity index (χ4n) is 3.44. The summed E-state index contributed by atoms with van der Waals surface area (Å²) in [5.41, 5.74) is 2.34. The van der Waals surface area contributed by atoms with Crippen molar-refractivity contribution in [3.8, 4) is 0 Å². The first-order valence-corrected chi connectivity index (χ1v) is 11.1. The Morgan fingerprint density at radius 1 is 0.967 bits per heavy atom. The number of pyridine rings is 1. The number of anilines is 1. The minimum absolute atomic E-state index is 0.0874. The van der Waals surface area contributed by atoms with Gasteiger partial charge in [-0.1, -0.05) is 69.7 Å². The molecule has 2 aromatic heterocycles. The third-order valence-corrected chi connectivity index (χ3v) is 6.42. The summed E-state index contributed by atoms with van der Waals surface area (Å²) < 4.78 is 2.01. The predicted molar refractivity (Wildman–Crippen MR) is 126 cm³/mol. The molecule has 0 N–H and O–H groups in total. The first-order chi connectivity index (χ1) is 14.7. The molecule has 0 radical (unpaired) electrons. The highest BCUT2D eigenvalue weighted by atomic mass is 79.9. The van der Waals surface area contributed by atoms with Gasteiger partial charge in [0.25, 0.3) is 5.91 Å². The molecule has 6 heteroatoms. The average Bonchev–Trinajstić information content (AvgIpc) is 3.20. The second kappa shape index (κ2) is 7.97. The normalized spacial score (nSPS) is 11.1. The number of halogens is 1. The number of benzene rings is 3. The first kappa shape index (κ1) is 18.9. The topological polar surface area (TPSA) is 46.1 Å². The fraction of sp³-hybridized carbons (Fsp3) is 0.0417. The van der Waals surface area contributed by atoms with Gasteiger partial charge >= 0.3 is 0 Å². The number of carbonyl (C=O) groups excluding carboxylic acids is 1. The van der Waals surface area contributed by atoms with Crippen LogP contribution in [0.1, 0.15) is 16.1 Å². The van der Waals surface area contributed by atoms with Gasteiger partial charge in [-0.25, -0.2) is 4.98 Å². The van der Waals surface area contributed by atoms with E-state index in [0.29, 0.717) is 17.2 Å². The average molecular weight is 474 g/mol. The van der Waals surface area contributed by atoms with Gasteiger partial charge in [0.2, 0.25) is 0 Å². The summed E-state index contributed by atoms with van der Waals surface area (Å²) in [6, 6.07) is 25.4. The predicted octanol–water partition coefficient (Wildman–Crippen LogP) is 6.45. The van der Waals surface area contributed by atoms with Crippen LogP contribution in [0.15, 0.2) is 89.5 Å². The number of nitrogens with zero attached hydrogens (tertiary/aromatic N) is 3. The summed E-state index contributed by atoms with van der Waals surface area (Å²) in [5.74, 6) is -0.0874. The summed E-state index contributed by atoms with van der Waals surface area (Å²) in [7, 11) is 0. The van der Waals surface area contributed by atoms with Crippen LogP contribution >= 0.6 is 27.3 Å². The van der Waals surface area contributed by atoms with E-state index in [1.54, 1.807) is 11.1 Å². The van der Waals surface area contributed by atoms with Crippen molar-refractivity contribution >= 4 is 59.3 Å². The summed E-state index contributed by atoms with van der Waals surface area (Å²) in [4.78, 5) is 24.7. The van der Waals surface area contributed by atoms with Gasteiger partial charge in [-0.05, 0) is 47.2 Å². The fourth-order valence-corrected chi connectivity index (χ4v) is 4.95. The number of hydrogen-bond acceptors (Lipinski definition) is 4. The van der Waals surface area contributed by atoms with Gasteiger partial charge in [0.1, 0.15) is 0 Å². The van der Waals surface area contributed by atoms with Crippen LogP contribution in [0.25, 0.3) is 21.0 Å². The maximum Gasteiger partial charge on any atom is 0.261 e. The first-order valence-electron chi connectivity index (χ1n) is 9.45. The van der Waals surface area contributed by atoms with Gasteiger partial charge in [0.15, 0.2) is 5.13 Å². The van der Waals surface area contributed by atoms with Crippen molar-refractivity contribution in [1.82, 2.24) is 9.97 Å². The largest absolute Gasteiger partial charge is 0.278 e. The van der Waals surface area contributed by atoms with Gasteiger partial charge in [0.05, 0.1) is 22.5 Å². The molecule has 3 aromatic carbocycles. The van der Waals surface area contributed by atoms with Crippen LogP contribution in [0, 0.1) is 0 Å². The molecular weight excluding hydrogens is 458 g/mol. The third kappa shape index (κ3) is 3.60. The Labute approximate surface area is 186 Å². The van der Waals surface area contributed by atoms with Crippen LogP contribution in [-0.2, 0) is 6.54 Å². The summed E-state index contributed by atoms with van der Waals surface area (Å²) in [5, 5.41) is 2.63. The molecule has 0 saturated heterocycles. The van der Waals surface area contributed by atoms with E-state index in [4.69, 9.17) is 4.98 Å². The summed E-state index contributed by atoms with van der Waals surface area (Å²) in [6.45, 7) is 0.351. The Hall–Kier alpha value is -3.09. The molecule has 0 fully saturated rings. The molecule has 0 bridgehead atoms. The highest BCUT2D eigenvalue weighted by Crippen LogP contribution is 2.33. The Kier molecular flexibility index (Phi) is 5.02. The molecule has 0 aliphatic carbocycles. The lowest BCUT2D eigenvalue weighted by Crippen LogP contribution is -2.30. The van der Waals surface area contributed by atoms with Crippen molar-refractivity contribution < 1.29 is 4.79 Å². The molecular formula is C24H16BrN3OS. The molecule has 4 nitrogen and oxygen atoms in total. The zero-order chi connectivity index (χ0) is 20.5. The minimum Gasteiger partial charge on any atom is -0.278 e. The Morgan fingerprint density at radius 3 is 2.67 bits per heavy atom. The van der Waals surface area contributed by atoms with Gasteiger partial charge in [0, 0.05) is 16.2 Å². The number of thiazole rings is 1. The van der Waals surface area contributed by atoms with E-state index in [1.807, 2.05) is 78.9 Å². The van der Waals surface area contributed by atoms with E-state index >= 15 is 0 Å². The number of aromatic nitrogens is 2. The van der Waals surface area contributed by atoms with E-state index in [-0.39, 0.29) is 5.91 Å². The molecule has 2 heterocycles. The lowest BCUT2D eigenvalue weighted by atomic mass is 10.0. The quantitative estimate of drug-likeness (QED) is 0.301. The van der Waals surface area contributed by atoms with Gasteiger partial charge in [-0.2, -0.15) is 0 Å². The lowest BCUT2D eigenvalue weighted by molar-refractivity contribution is 0.0986. The highest BCUT2D eigenvalue weighted by molar-refractivity contribution is 9.10. The maximum absolute atomic E-state index is 13.8. The van der Waals surface area contributed by atoms with Crippen LogP contribution in [-0.4, -0.2) is 15.9 Å². The monoisotopic (exact) mass is 473 g/mol. The van der Waals surface area contributed by atoms with E-state index in [9.17, 15) is 4.79 Å². The SMILES string of the molecule is O=C(c1cccc2ccccc12)N(Cc1ccccn1)c1nc2ccc(Br)cc2s1. The molecule has 0 unspecified atom stereocenters. The third-order valence-electron chi connectivity index (χ3n) is 4.88. The number of hydrogen-bond donors (Lipinski definition) is 0. The molecule has 30 heavy (non-hydrogen) atoms. The minimum atomic E-state index is -0.0874. The van der Waals surface area contributed by atoms with E-state index in [2.05, 4.69) is 20.9 Å². The van der Waals surface area contributed by atoms with Crippen LogP contribution in [0.2, 0.25) is 0 Å². The molecule has 5 aromatic rings. The molecule has 0 atom stereocenters. The molecule has 1 amide bonds. The number of amides is 1. The second-order valence-electron chi connectivity index (χ2n) is 6.85. The second-order valence-corrected chi connectivity index (χ2v) is 8.77. The van der Waals surface area contributed by atoms with Crippen LogP contribution in [0.5, 0.6) is 0 Å². The van der Waals surface area contributed by atoms with Crippen molar-refractivity contribution in [2.45, 2.75) is 6.54 Å². The number of rotatable bonds is 4. The molecule has 5 rings (SSSR count). The summed E-state index contributed by atoms with van der Waals surface area (Å²) >= 11 is 5.02. The van der Waals surface area contributed by atoms with Crippen LogP contribution in [0.4, 0.5) is 5.13 Å². The molecule has 146 valence electrons. The maximum atomic E-state index is 13.8. The van der Waals surface area contributed by atoms with Crippen LogP contribution in [0.3, 0.4) is 0 Å². The van der Waals surface area contributed by atoms with E-state index < -0.39 is 0 Å². The lowest BCUT2D eigenvalue weighted by Gasteiger charge is -2.20. The zero-order valence-electron chi connectivity index (χ0n) is 15.8. The molecule has 0 saturated carbocycles. The molecule has 0 aliphatic rings. The van der Waals surface area contributed by atoms with Crippen molar-refractivity contribution in [2.75, 3.05) is 4.90 Å². The van der Waals surface area contributed by atoms with Crippen molar-refractivity contribution in [3.63, 3.8) is 0 Å². The summed E-state index contributed by atoms with van der Waals surface area (Å²) in [6.07, 6.45) is 1.74. The van der Waals surface area contributed by atoms with E-state index in [1.165, 1.54) is 11.3 Å². The van der Waals surface area contributed by atoms with Crippen molar-refractivity contribution in [3.05, 3.63) is 101 Å². The zero-order valence-corrected chi connectivity index (χ0v) is 18.2. The van der Waals surface area contributed by atoms with Crippen molar-refractivity contribution in [2.24, 2.45) is 0 Å². The van der Waals surface area contributed by atoms with Crippen molar-refractivity contribution in [1.29, 1.82) is 0 Å². The van der Waals surface area contributed by atoms with Gasteiger partial charge in [-0.15, -0.1) is 0 Å². The smallest absolute Gasteiger partial charge is 0.261 e. The van der Waals surface area contributed by atoms with E-state index in [0.717, 1.165) is 31.2 Å². The van der Waals surface area contributed by atoms with Crippen LogP contribution < -0.4 is 4.90 Å². The molecule has 0 spiro atoms. The highest BCUT2D eigenvalue weighted by Gasteiger charge is 2.23. The van der Waals surface area contributed by atoms with Gasteiger partial charge in [-0.3, -0.25) is 14.7 Å². The van der Waals surface area contributed by atoms with Gasteiger partial charge < -0.3 is 0 Å². The number of fused-ring (bicyclic) bond motifs is 2.